The van der Waals surface area contributed by atoms with Crippen LogP contribution in [0, 0.1) is 11.3 Å². The van der Waals surface area contributed by atoms with Gasteiger partial charge in [0.2, 0.25) is 0 Å². The van der Waals surface area contributed by atoms with Gasteiger partial charge in [-0.05, 0) is 74.8 Å². The molecule has 1 amide bonds. The standard InChI is InChI=1S/C25H23F3N4O2S/c1-24(2)22(33)32(18-7-6-17(15-29)20(14-18)25(26,27)28)23(35)31(24)11-4-12-34-19-8-9-21-16(13-19)5-3-10-30-21/h3,5-7,10,13-14H,4,8-9,11-12H2,1-2H3. The minimum atomic E-state index is -4.73. The van der Waals surface area contributed by atoms with Gasteiger partial charge in [0.15, 0.2) is 5.11 Å². The molecule has 0 saturated carbocycles. The number of pyridine rings is 1. The SMILES string of the molecule is CC1(C)C(=O)N(c2ccc(C#N)c(C(F)(F)F)c2)C(=S)N1CCCOC1=Cc2cccnc2CC1. The number of aryl methyl sites for hydroxylation is 1. The van der Waals surface area contributed by atoms with Crippen molar-refractivity contribution in [1.82, 2.24) is 9.88 Å². The number of alkyl halides is 3. The van der Waals surface area contributed by atoms with Crippen molar-refractivity contribution in [2.75, 3.05) is 18.1 Å². The van der Waals surface area contributed by atoms with E-state index in [0.29, 0.717) is 19.6 Å². The molecule has 0 bridgehead atoms. The Morgan fingerprint density at radius 2 is 2.03 bits per heavy atom. The first-order chi connectivity index (χ1) is 16.5. The summed E-state index contributed by atoms with van der Waals surface area (Å²) in [5, 5.41) is 9.17. The fraction of sp³-hybridized carbons (Fsp3) is 0.360. The highest BCUT2D eigenvalue weighted by Crippen LogP contribution is 2.38. The summed E-state index contributed by atoms with van der Waals surface area (Å²) in [6, 6.07) is 8.58. The predicted octanol–water partition coefficient (Wildman–Crippen LogP) is 5.08. The van der Waals surface area contributed by atoms with Crippen LogP contribution in [-0.2, 0) is 22.1 Å². The number of nitrogens with zero attached hydrogens (tertiary/aromatic N) is 4. The molecule has 1 fully saturated rings. The van der Waals surface area contributed by atoms with Gasteiger partial charge in [0.25, 0.3) is 5.91 Å². The Kier molecular flexibility index (Phi) is 6.56. The zero-order chi connectivity index (χ0) is 25.4. The van der Waals surface area contributed by atoms with Gasteiger partial charge < -0.3 is 9.64 Å². The normalized spacial score (nSPS) is 17.2. The number of thiocarbonyl (C=S) groups is 1. The molecule has 4 rings (SSSR count). The molecule has 0 atom stereocenters. The number of fused-ring (bicyclic) bond motifs is 1. The number of amides is 1. The molecule has 2 aliphatic rings. The maximum Gasteiger partial charge on any atom is 0.417 e. The Labute approximate surface area is 206 Å². The monoisotopic (exact) mass is 500 g/mol. The van der Waals surface area contributed by atoms with Crippen LogP contribution in [0.3, 0.4) is 0 Å². The Hall–Kier alpha value is -3.45. The predicted molar refractivity (Wildman–Crippen MR) is 128 cm³/mol. The quantitative estimate of drug-likeness (QED) is 0.407. The molecule has 1 aromatic heterocycles. The highest BCUT2D eigenvalue weighted by molar-refractivity contribution is 7.80. The zero-order valence-corrected chi connectivity index (χ0v) is 20.0. The van der Waals surface area contributed by atoms with E-state index in [2.05, 4.69) is 4.98 Å². The molecule has 0 radical (unpaired) electrons. The molecule has 2 heterocycles. The van der Waals surface area contributed by atoms with Crippen molar-refractivity contribution in [1.29, 1.82) is 5.26 Å². The van der Waals surface area contributed by atoms with Crippen molar-refractivity contribution in [3.63, 3.8) is 0 Å². The molecule has 1 aliphatic carbocycles. The van der Waals surface area contributed by atoms with Crippen molar-refractivity contribution in [2.24, 2.45) is 0 Å². The first-order valence-electron chi connectivity index (χ1n) is 11.1. The Morgan fingerprint density at radius 3 is 2.74 bits per heavy atom. The number of carbonyl (C=O) groups excluding carboxylic acids is 1. The van der Waals surface area contributed by atoms with Gasteiger partial charge in [-0.2, -0.15) is 18.4 Å². The van der Waals surface area contributed by atoms with Gasteiger partial charge in [0, 0.05) is 24.9 Å². The average Bonchev–Trinajstić information content (AvgIpc) is 2.99. The molecule has 0 unspecified atom stereocenters. The minimum Gasteiger partial charge on any atom is -0.498 e. The highest BCUT2D eigenvalue weighted by Gasteiger charge is 2.49. The molecule has 10 heteroatoms. The summed E-state index contributed by atoms with van der Waals surface area (Å²) < 4.78 is 46.3. The molecule has 2 aromatic rings. The van der Waals surface area contributed by atoms with E-state index in [0.717, 1.165) is 46.9 Å². The lowest BCUT2D eigenvalue weighted by Gasteiger charge is -2.29. The summed E-state index contributed by atoms with van der Waals surface area (Å²) in [6.45, 7) is 4.16. The number of benzene rings is 1. The molecule has 1 aromatic carbocycles. The number of aromatic nitrogens is 1. The molecule has 1 aliphatic heterocycles. The summed E-state index contributed by atoms with van der Waals surface area (Å²) in [5.74, 6) is 0.434. The zero-order valence-electron chi connectivity index (χ0n) is 19.2. The van der Waals surface area contributed by atoms with Crippen LogP contribution >= 0.6 is 12.2 Å². The molecule has 182 valence electrons. The Balaban J connectivity index is 1.45. The molecule has 1 saturated heterocycles. The van der Waals surface area contributed by atoms with Crippen LogP contribution in [0.5, 0.6) is 0 Å². The highest BCUT2D eigenvalue weighted by atomic mass is 32.1. The van der Waals surface area contributed by atoms with E-state index >= 15 is 0 Å². The molecular weight excluding hydrogens is 477 g/mol. The van der Waals surface area contributed by atoms with Crippen molar-refractivity contribution >= 4 is 35.0 Å². The summed E-state index contributed by atoms with van der Waals surface area (Å²) >= 11 is 5.51. The molecule has 0 N–H and O–H groups in total. The van der Waals surface area contributed by atoms with E-state index in [-0.39, 0.29) is 10.8 Å². The van der Waals surface area contributed by atoms with Gasteiger partial charge in [-0.3, -0.25) is 14.7 Å². The van der Waals surface area contributed by atoms with Gasteiger partial charge in [0.05, 0.1) is 35.2 Å². The van der Waals surface area contributed by atoms with E-state index in [9.17, 15) is 18.0 Å². The van der Waals surface area contributed by atoms with Crippen LogP contribution in [0.25, 0.3) is 6.08 Å². The van der Waals surface area contributed by atoms with E-state index < -0.39 is 28.7 Å². The molecular formula is C25H23F3N4O2S. The van der Waals surface area contributed by atoms with Crippen LogP contribution in [0.1, 0.15) is 49.1 Å². The molecule has 6 nitrogen and oxygen atoms in total. The number of carbonyl (C=O) groups is 1. The fourth-order valence-corrected chi connectivity index (χ4v) is 4.77. The number of hydrogen-bond acceptors (Lipinski definition) is 5. The van der Waals surface area contributed by atoms with Crippen molar-refractivity contribution in [2.45, 2.75) is 44.8 Å². The van der Waals surface area contributed by atoms with Gasteiger partial charge >= 0.3 is 6.18 Å². The van der Waals surface area contributed by atoms with Crippen molar-refractivity contribution < 1.29 is 22.7 Å². The summed E-state index contributed by atoms with van der Waals surface area (Å²) in [7, 11) is 0. The second kappa shape index (κ2) is 9.30. The second-order valence-corrected chi connectivity index (χ2v) is 9.19. The smallest absolute Gasteiger partial charge is 0.417 e. The first-order valence-corrected chi connectivity index (χ1v) is 11.5. The third-order valence-electron chi connectivity index (χ3n) is 6.17. The van der Waals surface area contributed by atoms with Crippen LogP contribution in [-0.4, -0.2) is 39.6 Å². The van der Waals surface area contributed by atoms with Crippen LogP contribution in [0.15, 0.2) is 42.3 Å². The molecule has 0 spiro atoms. The number of ether oxygens (including phenoxy) is 1. The summed E-state index contributed by atoms with van der Waals surface area (Å²) in [6.07, 6.45) is 1.13. The van der Waals surface area contributed by atoms with E-state index in [1.807, 2.05) is 18.2 Å². The Morgan fingerprint density at radius 1 is 1.26 bits per heavy atom. The van der Waals surface area contributed by atoms with Gasteiger partial charge in [-0.25, -0.2) is 0 Å². The van der Waals surface area contributed by atoms with Gasteiger partial charge in [-0.1, -0.05) is 6.07 Å². The number of anilines is 1. The summed E-state index contributed by atoms with van der Waals surface area (Å²) in [5.41, 5.74) is -0.592. The third-order valence-corrected chi connectivity index (χ3v) is 6.58. The largest absolute Gasteiger partial charge is 0.498 e. The van der Waals surface area contributed by atoms with Crippen LogP contribution in [0.2, 0.25) is 0 Å². The summed E-state index contributed by atoms with van der Waals surface area (Å²) in [4.78, 5) is 20.3. The number of nitriles is 1. The maximum absolute atomic E-state index is 13.4. The van der Waals surface area contributed by atoms with E-state index in [1.165, 1.54) is 6.07 Å². The second-order valence-electron chi connectivity index (χ2n) is 8.83. The van der Waals surface area contributed by atoms with Gasteiger partial charge in [-0.15, -0.1) is 0 Å². The van der Waals surface area contributed by atoms with Crippen LogP contribution in [0.4, 0.5) is 18.9 Å². The fourth-order valence-electron chi connectivity index (χ4n) is 4.26. The van der Waals surface area contributed by atoms with Crippen molar-refractivity contribution in [3.8, 4) is 6.07 Å². The maximum atomic E-state index is 13.4. The number of allylic oxidation sites excluding steroid dienone is 1. The molecule has 35 heavy (non-hydrogen) atoms. The number of halogens is 3. The van der Waals surface area contributed by atoms with Gasteiger partial charge in [0.1, 0.15) is 5.54 Å². The lowest BCUT2D eigenvalue weighted by molar-refractivity contribution is -0.137. The minimum absolute atomic E-state index is 0.0159. The topological polar surface area (TPSA) is 69.5 Å². The van der Waals surface area contributed by atoms with Crippen LogP contribution < -0.4 is 4.90 Å². The number of hydrogen-bond donors (Lipinski definition) is 0. The Bertz CT molecular complexity index is 1250. The average molecular weight is 501 g/mol. The third kappa shape index (κ3) is 4.73. The van der Waals surface area contributed by atoms with E-state index in [4.69, 9.17) is 22.2 Å². The van der Waals surface area contributed by atoms with E-state index in [1.54, 1.807) is 31.0 Å². The van der Waals surface area contributed by atoms with Crippen molar-refractivity contribution in [3.05, 3.63) is 64.7 Å². The lowest BCUT2D eigenvalue weighted by Crippen LogP contribution is -2.44. The first kappa shape index (κ1) is 24.7. The number of rotatable bonds is 6. The lowest BCUT2D eigenvalue weighted by atomic mass is 10.0.